The molecule has 1 heterocycles. The maximum Gasteiger partial charge on any atom is 0.0879 e. The predicted molar refractivity (Wildman–Crippen MR) is 93.3 cm³/mol. The second kappa shape index (κ2) is 6.43. The molecule has 2 heteroatoms. The van der Waals surface area contributed by atoms with Crippen molar-refractivity contribution in [3.8, 4) is 0 Å². The Balaban J connectivity index is 2.13. The number of nitrogens with zero attached hydrogens (tertiary/aromatic N) is 2. The minimum atomic E-state index is 1.02. The van der Waals surface area contributed by atoms with Crippen LogP contribution in [0.1, 0.15) is 54.8 Å². The third-order valence-corrected chi connectivity index (χ3v) is 4.46. The van der Waals surface area contributed by atoms with Gasteiger partial charge in [-0.05, 0) is 61.8 Å². The molecule has 2 nitrogen and oxygen atoms in total. The van der Waals surface area contributed by atoms with Gasteiger partial charge in [0.05, 0.1) is 17.1 Å². The first-order valence-electron chi connectivity index (χ1n) is 8.38. The van der Waals surface area contributed by atoms with E-state index in [0.717, 1.165) is 37.1 Å². The van der Waals surface area contributed by atoms with Crippen LogP contribution in [0.25, 0.3) is 0 Å². The Hall–Kier alpha value is -1.96. The van der Waals surface area contributed by atoms with E-state index in [1.807, 2.05) is 0 Å². The van der Waals surface area contributed by atoms with E-state index in [-0.39, 0.29) is 0 Å². The Morgan fingerprint density at radius 3 is 2.41 bits per heavy atom. The van der Waals surface area contributed by atoms with Crippen molar-refractivity contribution >= 4 is 11.4 Å². The minimum absolute atomic E-state index is 1.02. The number of aliphatic imine (C=N–C) groups is 1. The van der Waals surface area contributed by atoms with Crippen molar-refractivity contribution in [2.45, 2.75) is 52.9 Å². The van der Waals surface area contributed by atoms with E-state index in [1.54, 1.807) is 0 Å². The Morgan fingerprint density at radius 1 is 1.00 bits per heavy atom. The summed E-state index contributed by atoms with van der Waals surface area (Å²) < 4.78 is 0. The van der Waals surface area contributed by atoms with Crippen molar-refractivity contribution < 1.29 is 0 Å². The largest absolute Gasteiger partial charge is 0.252 e. The highest BCUT2D eigenvalue weighted by molar-refractivity contribution is 6.02. The average molecular weight is 292 g/mol. The molecule has 114 valence electrons. The average Bonchev–Trinajstić information content (AvgIpc) is 2.55. The van der Waals surface area contributed by atoms with E-state index in [2.05, 4.69) is 51.1 Å². The topological polar surface area (TPSA) is 25.2 Å². The molecule has 0 unspecified atom stereocenters. The Bertz CT molecular complexity index is 691. The van der Waals surface area contributed by atoms with Gasteiger partial charge in [-0.2, -0.15) is 0 Å². The lowest BCUT2D eigenvalue weighted by molar-refractivity contribution is 0.823. The zero-order valence-electron chi connectivity index (χ0n) is 13.8. The lowest BCUT2D eigenvalue weighted by Gasteiger charge is -2.18. The molecule has 0 N–H and O–H groups in total. The van der Waals surface area contributed by atoms with E-state index >= 15 is 0 Å². The Morgan fingerprint density at radius 2 is 1.73 bits per heavy atom. The summed E-state index contributed by atoms with van der Waals surface area (Å²) in [5.41, 5.74) is 8.58. The van der Waals surface area contributed by atoms with Crippen LogP contribution in [0.15, 0.2) is 35.3 Å². The van der Waals surface area contributed by atoms with Crippen molar-refractivity contribution in [2.75, 3.05) is 0 Å². The summed E-state index contributed by atoms with van der Waals surface area (Å²) in [4.78, 5) is 9.87. The fourth-order valence-corrected chi connectivity index (χ4v) is 3.20. The Labute approximate surface area is 133 Å². The van der Waals surface area contributed by atoms with Crippen molar-refractivity contribution in [1.82, 2.24) is 4.98 Å². The summed E-state index contributed by atoms with van der Waals surface area (Å²) in [6.07, 6.45) is 5.37. The summed E-state index contributed by atoms with van der Waals surface area (Å²) in [7, 11) is 0. The first-order chi connectivity index (χ1) is 10.7. The van der Waals surface area contributed by atoms with E-state index in [0.29, 0.717) is 0 Å². The summed E-state index contributed by atoms with van der Waals surface area (Å²) >= 11 is 0. The molecule has 1 aromatic heterocycles. The highest BCUT2D eigenvalue weighted by Crippen LogP contribution is 2.29. The van der Waals surface area contributed by atoms with Gasteiger partial charge in [0.1, 0.15) is 0 Å². The van der Waals surface area contributed by atoms with Gasteiger partial charge < -0.3 is 0 Å². The molecule has 22 heavy (non-hydrogen) atoms. The zero-order chi connectivity index (χ0) is 15.5. The van der Waals surface area contributed by atoms with Gasteiger partial charge in [-0.25, -0.2) is 0 Å². The monoisotopic (exact) mass is 292 g/mol. The van der Waals surface area contributed by atoms with Crippen molar-refractivity contribution in [3.05, 3.63) is 58.4 Å². The molecule has 0 radical (unpaired) electrons. The molecule has 0 saturated heterocycles. The standard InChI is InChI=1S/C20H24N2/c1-4-15-8-6-9-16(5-2)19(15)22-18-11-7-10-17-13-12-14(3)21-20(17)18/h6,8-9,12-13H,4-5,7,10-11H2,1-3H3. The van der Waals surface area contributed by atoms with Gasteiger partial charge in [0.2, 0.25) is 0 Å². The molecular formula is C20H24N2. The second-order valence-corrected chi connectivity index (χ2v) is 6.00. The van der Waals surface area contributed by atoms with Gasteiger partial charge >= 0.3 is 0 Å². The highest BCUT2D eigenvalue weighted by Gasteiger charge is 2.18. The summed E-state index contributed by atoms with van der Waals surface area (Å²) in [6.45, 7) is 6.47. The number of aryl methyl sites for hydroxylation is 4. The van der Waals surface area contributed by atoms with Crippen molar-refractivity contribution in [1.29, 1.82) is 0 Å². The molecule has 1 aliphatic carbocycles. The maximum absolute atomic E-state index is 5.10. The molecule has 0 saturated carbocycles. The van der Waals surface area contributed by atoms with Crippen LogP contribution in [0.4, 0.5) is 5.69 Å². The van der Waals surface area contributed by atoms with Gasteiger partial charge in [0.15, 0.2) is 0 Å². The number of pyridine rings is 1. The third kappa shape index (κ3) is 2.83. The first-order valence-corrected chi connectivity index (χ1v) is 8.38. The maximum atomic E-state index is 5.10. The van der Waals surface area contributed by atoms with Gasteiger partial charge in [0.25, 0.3) is 0 Å². The number of fused-ring (bicyclic) bond motifs is 1. The van der Waals surface area contributed by atoms with Crippen LogP contribution in [0.3, 0.4) is 0 Å². The van der Waals surface area contributed by atoms with Crippen LogP contribution in [0, 0.1) is 6.92 Å². The summed E-state index contributed by atoms with van der Waals surface area (Å²) in [5, 5.41) is 0. The molecule has 0 atom stereocenters. The molecular weight excluding hydrogens is 268 g/mol. The van der Waals surface area contributed by atoms with Crippen molar-refractivity contribution in [2.24, 2.45) is 4.99 Å². The van der Waals surface area contributed by atoms with Crippen LogP contribution in [0.2, 0.25) is 0 Å². The quantitative estimate of drug-likeness (QED) is 0.784. The van der Waals surface area contributed by atoms with Crippen LogP contribution < -0.4 is 0 Å². The molecule has 0 fully saturated rings. The fraction of sp³-hybridized carbons (Fsp3) is 0.400. The third-order valence-electron chi connectivity index (χ3n) is 4.46. The highest BCUT2D eigenvalue weighted by atomic mass is 14.8. The van der Waals surface area contributed by atoms with Gasteiger partial charge in [0, 0.05) is 5.69 Å². The lowest BCUT2D eigenvalue weighted by Crippen LogP contribution is -2.14. The van der Waals surface area contributed by atoms with Crippen LogP contribution in [-0.4, -0.2) is 10.7 Å². The molecule has 1 aliphatic rings. The Kier molecular flexibility index (Phi) is 4.37. The van der Waals surface area contributed by atoms with E-state index < -0.39 is 0 Å². The first kappa shape index (κ1) is 15.0. The molecule has 0 aliphatic heterocycles. The predicted octanol–water partition coefficient (Wildman–Crippen LogP) is 4.97. The molecule has 0 spiro atoms. The second-order valence-electron chi connectivity index (χ2n) is 6.00. The number of benzene rings is 1. The molecule has 0 bridgehead atoms. The van der Waals surface area contributed by atoms with Crippen LogP contribution >= 0.6 is 0 Å². The van der Waals surface area contributed by atoms with Gasteiger partial charge in [-0.3, -0.25) is 9.98 Å². The molecule has 0 amide bonds. The molecule has 2 aromatic rings. The van der Waals surface area contributed by atoms with E-state index in [4.69, 9.17) is 9.98 Å². The number of para-hydroxylation sites is 1. The minimum Gasteiger partial charge on any atom is -0.252 e. The van der Waals surface area contributed by atoms with E-state index in [1.165, 1.54) is 34.5 Å². The number of hydrogen-bond acceptors (Lipinski definition) is 2. The number of aromatic nitrogens is 1. The molecule has 3 rings (SSSR count). The molecule has 1 aromatic carbocycles. The summed E-state index contributed by atoms with van der Waals surface area (Å²) in [5.74, 6) is 0. The lowest BCUT2D eigenvalue weighted by atomic mass is 9.93. The zero-order valence-corrected chi connectivity index (χ0v) is 13.8. The van der Waals surface area contributed by atoms with Crippen LogP contribution in [0.5, 0.6) is 0 Å². The number of rotatable bonds is 3. The number of hydrogen-bond donors (Lipinski definition) is 0. The SMILES string of the molecule is CCc1cccc(CC)c1N=C1CCCc2ccc(C)nc21. The normalized spacial score (nSPS) is 15.9. The van der Waals surface area contributed by atoms with E-state index in [9.17, 15) is 0 Å². The fourth-order valence-electron chi connectivity index (χ4n) is 3.20. The summed E-state index contributed by atoms with van der Waals surface area (Å²) in [6, 6.07) is 10.9. The smallest absolute Gasteiger partial charge is 0.0879 e. The van der Waals surface area contributed by atoms with Crippen molar-refractivity contribution in [3.63, 3.8) is 0 Å². The van der Waals surface area contributed by atoms with Gasteiger partial charge in [-0.15, -0.1) is 0 Å². The van der Waals surface area contributed by atoms with Gasteiger partial charge in [-0.1, -0.05) is 38.1 Å². The van der Waals surface area contributed by atoms with Crippen LogP contribution in [-0.2, 0) is 19.3 Å².